The number of hydrogen-bond acceptors (Lipinski definition) is 6. The van der Waals surface area contributed by atoms with E-state index in [1.54, 1.807) is 31.2 Å². The molecule has 12 nitrogen and oxygen atoms in total. The first-order valence-corrected chi connectivity index (χ1v) is 8.18. The molecule has 0 bridgehead atoms. The molecule has 0 unspecified atom stereocenters. The van der Waals surface area contributed by atoms with E-state index >= 15 is 0 Å². The van der Waals surface area contributed by atoms with Gasteiger partial charge in [0.05, 0.1) is 18.1 Å². The smallest absolute Gasteiger partial charge is 0.325 e. The van der Waals surface area contributed by atoms with Crippen LogP contribution in [0.2, 0.25) is 0 Å². The molecule has 0 saturated carbocycles. The lowest BCUT2D eigenvalue weighted by atomic mass is 10.3. The monoisotopic (exact) mass is 386 g/mol. The molecule has 28 heavy (non-hydrogen) atoms. The fourth-order valence-corrected chi connectivity index (χ4v) is 2.59. The Labute approximate surface area is 158 Å². The number of carboxylic acid groups (broad SMARTS) is 1. The van der Waals surface area contributed by atoms with Gasteiger partial charge in [0, 0.05) is 38.6 Å². The second kappa shape index (κ2) is 7.73. The van der Waals surface area contributed by atoms with Gasteiger partial charge in [0.15, 0.2) is 0 Å². The second-order valence-electron chi connectivity index (χ2n) is 5.96. The quantitative estimate of drug-likeness (QED) is 0.501. The van der Waals surface area contributed by atoms with Crippen LogP contribution in [-0.2, 0) is 32.0 Å². The van der Waals surface area contributed by atoms with Gasteiger partial charge in [-0.25, -0.2) is 4.68 Å². The Bertz CT molecular complexity index is 1030. The highest BCUT2D eigenvalue weighted by Crippen LogP contribution is 2.16. The summed E-state index contributed by atoms with van der Waals surface area (Å²) in [6.45, 7) is -0.197. The van der Waals surface area contributed by atoms with Gasteiger partial charge in [-0.2, -0.15) is 15.3 Å². The number of rotatable bonds is 7. The van der Waals surface area contributed by atoms with Crippen LogP contribution < -0.4 is 10.6 Å². The zero-order valence-electron chi connectivity index (χ0n) is 15.2. The van der Waals surface area contributed by atoms with Crippen molar-refractivity contribution in [1.82, 2.24) is 34.7 Å². The van der Waals surface area contributed by atoms with E-state index in [-0.39, 0.29) is 23.6 Å². The number of nitrogens with one attached hydrogen (secondary N) is 2. The lowest BCUT2D eigenvalue weighted by Gasteiger charge is -2.09. The number of carbonyl (C=O) groups is 3. The zero-order chi connectivity index (χ0) is 20.3. The highest BCUT2D eigenvalue weighted by Gasteiger charge is 2.21. The number of aryl methyl sites for hydroxylation is 2. The number of aromatic nitrogens is 6. The zero-order valence-corrected chi connectivity index (χ0v) is 15.2. The molecule has 0 spiro atoms. The third-order valence-corrected chi connectivity index (χ3v) is 3.85. The molecule has 0 aliphatic carbocycles. The molecule has 0 aromatic carbocycles. The predicted molar refractivity (Wildman–Crippen MR) is 95.4 cm³/mol. The summed E-state index contributed by atoms with van der Waals surface area (Å²) in [4.78, 5) is 35.9. The van der Waals surface area contributed by atoms with E-state index in [1.807, 2.05) is 0 Å². The van der Waals surface area contributed by atoms with Gasteiger partial charge >= 0.3 is 5.97 Å². The molecular weight excluding hydrogens is 368 g/mol. The first-order chi connectivity index (χ1) is 13.3. The van der Waals surface area contributed by atoms with Crippen LogP contribution in [0.25, 0.3) is 0 Å². The van der Waals surface area contributed by atoms with E-state index in [0.29, 0.717) is 0 Å². The van der Waals surface area contributed by atoms with Gasteiger partial charge in [0.1, 0.15) is 17.9 Å². The van der Waals surface area contributed by atoms with Crippen molar-refractivity contribution in [1.29, 1.82) is 0 Å². The first-order valence-electron chi connectivity index (χ1n) is 8.18. The van der Waals surface area contributed by atoms with Crippen molar-refractivity contribution < 1.29 is 19.5 Å². The van der Waals surface area contributed by atoms with Crippen LogP contribution >= 0.6 is 0 Å². The van der Waals surface area contributed by atoms with E-state index < -0.39 is 24.3 Å². The Morgan fingerprint density at radius 3 is 2.57 bits per heavy atom. The van der Waals surface area contributed by atoms with Crippen molar-refractivity contribution in [3.05, 3.63) is 47.8 Å². The summed E-state index contributed by atoms with van der Waals surface area (Å²) >= 11 is 0. The van der Waals surface area contributed by atoms with Crippen molar-refractivity contribution >= 4 is 23.5 Å². The van der Waals surface area contributed by atoms with E-state index in [1.165, 1.54) is 23.1 Å². The Morgan fingerprint density at radius 1 is 1.11 bits per heavy atom. The number of aliphatic carboxylic acids is 1. The molecule has 3 heterocycles. The molecule has 3 rings (SSSR count). The minimum absolute atomic E-state index is 0.0490. The van der Waals surface area contributed by atoms with Crippen LogP contribution in [0.5, 0.6) is 0 Å². The van der Waals surface area contributed by atoms with Gasteiger partial charge in [-0.15, -0.1) is 0 Å². The molecule has 0 aliphatic heterocycles. The van der Waals surface area contributed by atoms with Crippen molar-refractivity contribution in [2.45, 2.75) is 13.1 Å². The third-order valence-electron chi connectivity index (χ3n) is 3.85. The molecule has 0 aliphatic rings. The molecular formula is C16H18N8O4. The summed E-state index contributed by atoms with van der Waals surface area (Å²) in [7, 11) is 3.35. The lowest BCUT2D eigenvalue weighted by Crippen LogP contribution is -2.27. The molecule has 12 heteroatoms. The minimum Gasteiger partial charge on any atom is -0.480 e. The van der Waals surface area contributed by atoms with E-state index in [2.05, 4.69) is 25.9 Å². The maximum absolute atomic E-state index is 12.6. The summed E-state index contributed by atoms with van der Waals surface area (Å²) in [6.07, 6.45) is 6.07. The second-order valence-corrected chi connectivity index (χ2v) is 5.96. The Hall–Kier alpha value is -3.96. The SMILES string of the molecule is Cn1cc(CNC(=O)c2c(NC(=O)c3ccnn3CC(=O)O)cnn2C)cn1. The number of anilines is 1. The van der Waals surface area contributed by atoms with Crippen LogP contribution in [0.3, 0.4) is 0 Å². The van der Waals surface area contributed by atoms with Crippen LogP contribution in [0.15, 0.2) is 30.9 Å². The lowest BCUT2D eigenvalue weighted by molar-refractivity contribution is -0.137. The Morgan fingerprint density at radius 2 is 1.89 bits per heavy atom. The molecule has 3 N–H and O–H groups in total. The van der Waals surface area contributed by atoms with Crippen molar-refractivity contribution in [2.24, 2.45) is 14.1 Å². The largest absolute Gasteiger partial charge is 0.480 e. The predicted octanol–water partition coefficient (Wildman–Crippen LogP) is -0.383. The van der Waals surface area contributed by atoms with Gasteiger partial charge in [-0.1, -0.05) is 0 Å². The number of hydrogen-bond donors (Lipinski definition) is 3. The summed E-state index contributed by atoms with van der Waals surface area (Å²) in [6, 6.07) is 1.39. The minimum atomic E-state index is -1.13. The number of nitrogens with zero attached hydrogens (tertiary/aromatic N) is 6. The van der Waals surface area contributed by atoms with Gasteiger partial charge in [-0.05, 0) is 6.07 Å². The molecule has 0 saturated heterocycles. The normalized spacial score (nSPS) is 10.6. The summed E-state index contributed by atoms with van der Waals surface area (Å²) in [5.41, 5.74) is 1.22. The molecule has 146 valence electrons. The number of carboxylic acids is 1. The molecule has 0 atom stereocenters. The number of carbonyl (C=O) groups excluding carboxylic acids is 2. The maximum atomic E-state index is 12.6. The fraction of sp³-hybridized carbons (Fsp3) is 0.250. The standard InChI is InChI=1S/C16H18N8O4/c1-22-8-10(6-19-22)5-17-16(28)14-11(7-20-23(14)2)21-15(27)12-3-4-18-24(12)9-13(25)26/h3-4,6-8H,5,9H2,1-2H3,(H,17,28)(H,21,27)(H,25,26). The van der Waals surface area contributed by atoms with Crippen molar-refractivity contribution in [2.75, 3.05) is 5.32 Å². The molecule has 2 amide bonds. The van der Waals surface area contributed by atoms with Gasteiger partial charge in [0.25, 0.3) is 11.8 Å². The molecule has 3 aromatic rings. The maximum Gasteiger partial charge on any atom is 0.325 e. The summed E-state index contributed by atoms with van der Waals surface area (Å²) < 4.78 is 4.01. The highest BCUT2D eigenvalue weighted by atomic mass is 16.4. The van der Waals surface area contributed by atoms with Crippen LogP contribution in [0.4, 0.5) is 5.69 Å². The van der Waals surface area contributed by atoms with E-state index in [0.717, 1.165) is 10.2 Å². The van der Waals surface area contributed by atoms with Crippen LogP contribution in [0.1, 0.15) is 26.5 Å². The average Bonchev–Trinajstić information content (AvgIpc) is 3.33. The topological polar surface area (TPSA) is 149 Å². The Balaban J connectivity index is 1.73. The van der Waals surface area contributed by atoms with Gasteiger partial charge in [-0.3, -0.25) is 23.7 Å². The summed E-state index contributed by atoms with van der Waals surface area (Å²) in [5.74, 6) is -2.17. The van der Waals surface area contributed by atoms with Gasteiger partial charge < -0.3 is 15.7 Å². The first kappa shape index (κ1) is 18.8. The van der Waals surface area contributed by atoms with E-state index in [9.17, 15) is 14.4 Å². The fourth-order valence-electron chi connectivity index (χ4n) is 2.59. The number of amides is 2. The van der Waals surface area contributed by atoms with Crippen molar-refractivity contribution in [3.63, 3.8) is 0 Å². The van der Waals surface area contributed by atoms with Crippen molar-refractivity contribution in [3.8, 4) is 0 Å². The average molecular weight is 386 g/mol. The van der Waals surface area contributed by atoms with Crippen LogP contribution in [0, 0.1) is 0 Å². The van der Waals surface area contributed by atoms with Gasteiger partial charge in [0.2, 0.25) is 0 Å². The third kappa shape index (κ3) is 4.06. The van der Waals surface area contributed by atoms with Crippen LogP contribution in [-0.4, -0.2) is 52.2 Å². The highest BCUT2D eigenvalue weighted by molar-refractivity contribution is 6.07. The summed E-state index contributed by atoms with van der Waals surface area (Å²) in [5, 5.41) is 26.1. The molecule has 3 aromatic heterocycles. The Kier molecular flexibility index (Phi) is 5.20. The molecule has 0 fully saturated rings. The molecule has 0 radical (unpaired) electrons. The van der Waals surface area contributed by atoms with E-state index in [4.69, 9.17) is 5.11 Å².